The lowest BCUT2D eigenvalue weighted by molar-refractivity contribution is -0.115. The van der Waals surface area contributed by atoms with Gasteiger partial charge in [0.1, 0.15) is 0 Å². The van der Waals surface area contributed by atoms with Crippen LogP contribution in [-0.2, 0) is 4.79 Å². The first-order valence-electron chi connectivity index (χ1n) is 6.89. The third-order valence-corrected chi connectivity index (χ3v) is 4.29. The van der Waals surface area contributed by atoms with Crippen LogP contribution in [-0.4, -0.2) is 16.1 Å². The van der Waals surface area contributed by atoms with Crippen molar-refractivity contribution in [3.05, 3.63) is 64.3 Å². The maximum atomic E-state index is 12.0. The van der Waals surface area contributed by atoms with Crippen molar-refractivity contribution in [2.45, 2.75) is 13.8 Å². The van der Waals surface area contributed by atoms with Crippen LogP contribution in [0.5, 0.6) is 0 Å². The van der Waals surface area contributed by atoms with Gasteiger partial charge in [-0.25, -0.2) is 4.99 Å². The van der Waals surface area contributed by atoms with Gasteiger partial charge >= 0.3 is 0 Å². The second-order valence-electron chi connectivity index (χ2n) is 5.03. The fourth-order valence-corrected chi connectivity index (χ4v) is 2.85. The lowest BCUT2D eigenvalue weighted by Crippen LogP contribution is -2.19. The van der Waals surface area contributed by atoms with Gasteiger partial charge in [0.15, 0.2) is 5.17 Å². The van der Waals surface area contributed by atoms with Crippen molar-refractivity contribution >= 4 is 34.6 Å². The Balaban J connectivity index is 1.83. The van der Waals surface area contributed by atoms with Gasteiger partial charge in [-0.3, -0.25) is 9.78 Å². The zero-order valence-electron chi connectivity index (χ0n) is 12.3. The van der Waals surface area contributed by atoms with E-state index in [4.69, 9.17) is 0 Å². The quantitative estimate of drug-likeness (QED) is 0.863. The third kappa shape index (κ3) is 3.26. The Hall–Kier alpha value is -2.40. The van der Waals surface area contributed by atoms with E-state index < -0.39 is 0 Å². The molecule has 5 heteroatoms. The summed E-state index contributed by atoms with van der Waals surface area (Å²) >= 11 is 1.35. The minimum absolute atomic E-state index is 0.121. The van der Waals surface area contributed by atoms with Gasteiger partial charge in [0.2, 0.25) is 0 Å². The molecule has 1 aliphatic heterocycles. The molecule has 0 aliphatic carbocycles. The van der Waals surface area contributed by atoms with Gasteiger partial charge in [-0.2, -0.15) is 0 Å². The topological polar surface area (TPSA) is 54.4 Å². The van der Waals surface area contributed by atoms with Crippen LogP contribution in [0.4, 0.5) is 5.69 Å². The number of amidine groups is 1. The normalized spacial score (nSPS) is 18.0. The Morgan fingerprint density at radius 2 is 1.91 bits per heavy atom. The number of rotatable bonds is 2. The summed E-state index contributed by atoms with van der Waals surface area (Å²) < 4.78 is 0. The molecule has 1 aromatic heterocycles. The number of aliphatic imine (C=N–C) groups is 1. The number of aromatic nitrogens is 1. The number of nitrogens with one attached hydrogen (secondary N) is 1. The second kappa shape index (κ2) is 6.15. The van der Waals surface area contributed by atoms with Crippen molar-refractivity contribution in [2.24, 2.45) is 4.99 Å². The van der Waals surface area contributed by atoms with E-state index in [9.17, 15) is 4.79 Å². The Morgan fingerprint density at radius 1 is 1.14 bits per heavy atom. The predicted molar refractivity (Wildman–Crippen MR) is 91.0 cm³/mol. The maximum absolute atomic E-state index is 12.0. The van der Waals surface area contributed by atoms with Crippen LogP contribution in [0.3, 0.4) is 0 Å². The lowest BCUT2D eigenvalue weighted by atomic mass is 10.1. The highest BCUT2D eigenvalue weighted by molar-refractivity contribution is 8.18. The van der Waals surface area contributed by atoms with Gasteiger partial charge in [0.25, 0.3) is 5.91 Å². The van der Waals surface area contributed by atoms with E-state index in [-0.39, 0.29) is 5.91 Å². The van der Waals surface area contributed by atoms with Crippen molar-refractivity contribution in [1.82, 2.24) is 10.3 Å². The van der Waals surface area contributed by atoms with Gasteiger partial charge in [-0.1, -0.05) is 6.07 Å². The van der Waals surface area contributed by atoms with Crippen molar-refractivity contribution in [3.8, 4) is 0 Å². The molecule has 1 aromatic carbocycles. The number of thioether (sulfide) groups is 1. The monoisotopic (exact) mass is 309 g/mol. The number of aryl methyl sites for hydroxylation is 2. The van der Waals surface area contributed by atoms with E-state index in [2.05, 4.69) is 22.2 Å². The molecular formula is C17H15N3OS. The molecule has 0 atom stereocenters. The molecule has 0 unspecified atom stereocenters. The molecule has 2 heterocycles. The number of benzene rings is 1. The summed E-state index contributed by atoms with van der Waals surface area (Å²) in [4.78, 5) is 21.1. The summed E-state index contributed by atoms with van der Waals surface area (Å²) in [5.74, 6) is -0.121. The highest BCUT2D eigenvalue weighted by Gasteiger charge is 2.23. The fraction of sp³-hybridized carbons (Fsp3) is 0.118. The molecule has 0 saturated carbocycles. The van der Waals surface area contributed by atoms with Crippen molar-refractivity contribution in [2.75, 3.05) is 0 Å². The largest absolute Gasteiger partial charge is 0.300 e. The van der Waals surface area contributed by atoms with Gasteiger partial charge in [-0.15, -0.1) is 0 Å². The fourth-order valence-electron chi connectivity index (χ4n) is 2.00. The highest BCUT2D eigenvalue weighted by atomic mass is 32.2. The van der Waals surface area contributed by atoms with Gasteiger partial charge < -0.3 is 5.32 Å². The number of carbonyl (C=O) groups excluding carboxylic acids is 1. The number of pyridine rings is 1. The SMILES string of the molecule is Cc1ccc(N=C2NC(=O)/C(=C/c3ccncc3)S2)cc1C. The van der Waals surface area contributed by atoms with Gasteiger partial charge in [0, 0.05) is 12.4 Å². The molecule has 1 fully saturated rings. The van der Waals surface area contributed by atoms with E-state index in [1.807, 2.05) is 43.3 Å². The standard InChI is InChI=1S/C17H15N3OS/c1-11-3-4-14(9-12(11)2)19-17-20-16(21)15(22-17)10-13-5-7-18-8-6-13/h3-10H,1-2H3,(H,19,20,21)/b15-10-. The molecule has 2 aromatic rings. The van der Waals surface area contributed by atoms with E-state index in [1.54, 1.807) is 12.4 Å². The highest BCUT2D eigenvalue weighted by Crippen LogP contribution is 2.28. The first-order chi connectivity index (χ1) is 10.6. The first kappa shape index (κ1) is 14.5. The summed E-state index contributed by atoms with van der Waals surface area (Å²) in [6, 6.07) is 9.72. The molecular weight excluding hydrogens is 294 g/mol. The lowest BCUT2D eigenvalue weighted by Gasteiger charge is -2.01. The van der Waals surface area contributed by atoms with Gasteiger partial charge in [-0.05, 0) is 72.6 Å². The number of nitrogens with zero attached hydrogens (tertiary/aromatic N) is 2. The Morgan fingerprint density at radius 3 is 2.64 bits per heavy atom. The van der Waals surface area contributed by atoms with Crippen LogP contribution in [0.25, 0.3) is 6.08 Å². The molecule has 3 rings (SSSR count). The Labute approximate surface area is 133 Å². The second-order valence-corrected chi connectivity index (χ2v) is 6.06. The summed E-state index contributed by atoms with van der Waals surface area (Å²) in [6.07, 6.45) is 5.24. The van der Waals surface area contributed by atoms with Crippen molar-refractivity contribution in [3.63, 3.8) is 0 Å². The molecule has 1 N–H and O–H groups in total. The average Bonchev–Trinajstić information content (AvgIpc) is 2.84. The van der Waals surface area contributed by atoms with Crippen molar-refractivity contribution < 1.29 is 4.79 Å². The number of hydrogen-bond acceptors (Lipinski definition) is 4. The molecule has 110 valence electrons. The first-order valence-corrected chi connectivity index (χ1v) is 7.70. The predicted octanol–water partition coefficient (Wildman–Crippen LogP) is 3.59. The zero-order valence-corrected chi connectivity index (χ0v) is 13.1. The van der Waals surface area contributed by atoms with E-state index in [0.717, 1.165) is 11.3 Å². The smallest absolute Gasteiger partial charge is 0.264 e. The van der Waals surface area contributed by atoms with Crippen LogP contribution in [0.2, 0.25) is 0 Å². The molecule has 0 bridgehead atoms. The van der Waals surface area contributed by atoms with Crippen LogP contribution < -0.4 is 5.32 Å². The Bertz CT molecular complexity index is 782. The summed E-state index contributed by atoms with van der Waals surface area (Å²) in [5.41, 5.74) is 4.20. The number of amides is 1. The van der Waals surface area contributed by atoms with Crippen LogP contribution >= 0.6 is 11.8 Å². The molecule has 0 radical (unpaired) electrons. The van der Waals surface area contributed by atoms with Crippen LogP contribution in [0, 0.1) is 13.8 Å². The van der Waals surface area contributed by atoms with E-state index in [0.29, 0.717) is 10.1 Å². The maximum Gasteiger partial charge on any atom is 0.264 e. The number of carbonyl (C=O) groups is 1. The van der Waals surface area contributed by atoms with Crippen molar-refractivity contribution in [1.29, 1.82) is 0 Å². The van der Waals surface area contributed by atoms with E-state index >= 15 is 0 Å². The minimum atomic E-state index is -0.121. The summed E-state index contributed by atoms with van der Waals surface area (Å²) in [6.45, 7) is 4.11. The number of hydrogen-bond donors (Lipinski definition) is 1. The van der Waals surface area contributed by atoms with Crippen LogP contribution in [0.1, 0.15) is 16.7 Å². The summed E-state index contributed by atoms with van der Waals surface area (Å²) in [5, 5.41) is 3.40. The van der Waals surface area contributed by atoms with Crippen LogP contribution in [0.15, 0.2) is 52.6 Å². The van der Waals surface area contributed by atoms with E-state index in [1.165, 1.54) is 22.9 Å². The zero-order chi connectivity index (χ0) is 15.5. The molecule has 1 saturated heterocycles. The molecule has 22 heavy (non-hydrogen) atoms. The van der Waals surface area contributed by atoms with Gasteiger partial charge in [0.05, 0.1) is 10.6 Å². The molecule has 0 spiro atoms. The average molecular weight is 309 g/mol. The summed E-state index contributed by atoms with van der Waals surface area (Å²) in [7, 11) is 0. The molecule has 1 aliphatic rings. The Kier molecular flexibility index (Phi) is 4.06. The molecule has 1 amide bonds. The third-order valence-electron chi connectivity index (χ3n) is 3.38. The minimum Gasteiger partial charge on any atom is -0.300 e. The molecule has 4 nitrogen and oxygen atoms in total.